The Bertz CT molecular complexity index is 152. The van der Waals surface area contributed by atoms with Crippen LogP contribution in [0.25, 0.3) is 0 Å². The standard InChI is InChI=1S/C4H8O4S/c5-4(6)2-1-3-9(7)8/h9H,1-3H2,(H,5,6). The molecule has 5 heteroatoms. The first-order valence-corrected chi connectivity index (χ1v) is 3.83. The quantitative estimate of drug-likeness (QED) is 0.531. The third kappa shape index (κ3) is 7.42. The molecule has 0 rings (SSSR count). The van der Waals surface area contributed by atoms with Crippen LogP contribution in [0.5, 0.6) is 0 Å². The molecular weight excluding hydrogens is 144 g/mol. The van der Waals surface area contributed by atoms with Crippen molar-refractivity contribution in [2.75, 3.05) is 5.75 Å². The molecule has 0 amide bonds. The minimum absolute atomic E-state index is 0.0262. The SMILES string of the molecule is O=C(O)CCC[SH](=O)=O. The van der Waals surface area contributed by atoms with Gasteiger partial charge in [-0.25, -0.2) is 8.42 Å². The number of carboxylic acids is 1. The predicted octanol–water partition coefficient (Wildman–Crippen LogP) is -0.537. The van der Waals surface area contributed by atoms with Gasteiger partial charge in [-0.3, -0.25) is 4.79 Å². The van der Waals surface area contributed by atoms with E-state index in [9.17, 15) is 13.2 Å². The predicted molar refractivity (Wildman–Crippen MR) is 32.1 cm³/mol. The van der Waals surface area contributed by atoms with E-state index in [-0.39, 0.29) is 18.6 Å². The van der Waals surface area contributed by atoms with Crippen LogP contribution in [0.3, 0.4) is 0 Å². The second kappa shape index (κ2) is 4.31. The lowest BCUT2D eigenvalue weighted by molar-refractivity contribution is -0.137. The summed E-state index contributed by atoms with van der Waals surface area (Å²) >= 11 is 0. The highest BCUT2D eigenvalue weighted by atomic mass is 32.2. The molecule has 0 bridgehead atoms. The Morgan fingerprint density at radius 2 is 2.00 bits per heavy atom. The van der Waals surface area contributed by atoms with Crippen LogP contribution in [0.4, 0.5) is 0 Å². The molecule has 9 heavy (non-hydrogen) atoms. The van der Waals surface area contributed by atoms with Crippen LogP contribution < -0.4 is 0 Å². The van der Waals surface area contributed by atoms with E-state index in [1.165, 1.54) is 0 Å². The van der Waals surface area contributed by atoms with Gasteiger partial charge in [0.05, 0.1) is 0 Å². The van der Waals surface area contributed by atoms with Crippen molar-refractivity contribution in [1.29, 1.82) is 0 Å². The largest absolute Gasteiger partial charge is 0.481 e. The smallest absolute Gasteiger partial charge is 0.303 e. The molecule has 0 aliphatic rings. The molecule has 0 saturated carbocycles. The minimum Gasteiger partial charge on any atom is -0.481 e. The van der Waals surface area contributed by atoms with E-state index in [1.807, 2.05) is 0 Å². The van der Waals surface area contributed by atoms with Crippen molar-refractivity contribution in [1.82, 2.24) is 0 Å². The summed E-state index contributed by atoms with van der Waals surface area (Å²) in [4.78, 5) is 9.78. The number of hydrogen-bond donors (Lipinski definition) is 2. The molecule has 0 aromatic rings. The molecule has 0 atom stereocenters. The van der Waals surface area contributed by atoms with Crippen LogP contribution in [0.15, 0.2) is 0 Å². The first-order chi connectivity index (χ1) is 4.13. The maximum Gasteiger partial charge on any atom is 0.303 e. The molecule has 54 valence electrons. The normalized spacial score (nSPS) is 9.89. The van der Waals surface area contributed by atoms with Gasteiger partial charge in [0.2, 0.25) is 0 Å². The highest BCUT2D eigenvalue weighted by molar-refractivity contribution is 7.72. The van der Waals surface area contributed by atoms with Gasteiger partial charge in [-0.1, -0.05) is 0 Å². The van der Waals surface area contributed by atoms with Crippen molar-refractivity contribution in [3.63, 3.8) is 0 Å². The van der Waals surface area contributed by atoms with Crippen LogP contribution in [-0.2, 0) is 15.5 Å². The summed E-state index contributed by atoms with van der Waals surface area (Å²) in [5.74, 6) is -0.978. The first kappa shape index (κ1) is 8.42. The van der Waals surface area contributed by atoms with Crippen LogP contribution in [0, 0.1) is 0 Å². The number of carbonyl (C=O) groups is 1. The minimum atomic E-state index is -2.39. The van der Waals surface area contributed by atoms with E-state index in [0.717, 1.165) is 0 Å². The molecule has 0 unspecified atom stereocenters. The van der Waals surface area contributed by atoms with Gasteiger partial charge in [-0.15, -0.1) is 0 Å². The molecule has 0 spiro atoms. The maximum absolute atomic E-state index is 9.82. The van der Waals surface area contributed by atoms with Gasteiger partial charge in [0, 0.05) is 12.2 Å². The van der Waals surface area contributed by atoms with Gasteiger partial charge >= 0.3 is 5.97 Å². The zero-order chi connectivity index (χ0) is 7.28. The lowest BCUT2D eigenvalue weighted by Crippen LogP contribution is -1.96. The Morgan fingerprint density at radius 1 is 1.44 bits per heavy atom. The molecule has 0 aromatic heterocycles. The summed E-state index contributed by atoms with van der Waals surface area (Å²) in [5.41, 5.74) is 0. The van der Waals surface area contributed by atoms with Crippen LogP contribution in [-0.4, -0.2) is 25.2 Å². The van der Waals surface area contributed by atoms with E-state index in [0.29, 0.717) is 0 Å². The fourth-order valence-electron chi connectivity index (χ4n) is 0.359. The highest BCUT2D eigenvalue weighted by Crippen LogP contribution is 1.87. The van der Waals surface area contributed by atoms with E-state index < -0.39 is 16.7 Å². The fourth-order valence-corrected chi connectivity index (χ4v) is 0.776. The van der Waals surface area contributed by atoms with E-state index in [1.54, 1.807) is 0 Å². The van der Waals surface area contributed by atoms with Gasteiger partial charge in [-0.05, 0) is 6.42 Å². The molecule has 0 radical (unpaired) electrons. The number of thiol groups is 1. The summed E-state index contributed by atoms with van der Waals surface area (Å²) in [6.45, 7) is 0. The molecular formula is C4H8O4S. The van der Waals surface area contributed by atoms with Crippen molar-refractivity contribution in [3.8, 4) is 0 Å². The van der Waals surface area contributed by atoms with Gasteiger partial charge in [0.1, 0.15) is 10.7 Å². The van der Waals surface area contributed by atoms with Gasteiger partial charge in [-0.2, -0.15) is 0 Å². The summed E-state index contributed by atoms with van der Waals surface area (Å²) in [7, 11) is -2.39. The molecule has 0 aliphatic carbocycles. The number of aliphatic carboxylic acids is 1. The number of hydrogen-bond acceptors (Lipinski definition) is 3. The zero-order valence-corrected chi connectivity index (χ0v) is 5.63. The monoisotopic (exact) mass is 152 g/mol. The van der Waals surface area contributed by atoms with Gasteiger partial charge in [0.15, 0.2) is 0 Å². The highest BCUT2D eigenvalue weighted by Gasteiger charge is 1.95. The molecule has 0 aliphatic heterocycles. The lowest BCUT2D eigenvalue weighted by atomic mass is 10.3. The van der Waals surface area contributed by atoms with Crippen molar-refractivity contribution in [3.05, 3.63) is 0 Å². The molecule has 0 saturated heterocycles. The van der Waals surface area contributed by atoms with Crippen LogP contribution in [0.1, 0.15) is 12.8 Å². The van der Waals surface area contributed by atoms with Crippen molar-refractivity contribution in [2.24, 2.45) is 0 Å². The Balaban J connectivity index is 3.21. The summed E-state index contributed by atoms with van der Waals surface area (Å²) in [5, 5.41) is 8.03. The third-order valence-corrected chi connectivity index (χ3v) is 1.41. The Kier molecular flexibility index (Phi) is 4.04. The fraction of sp³-hybridized carbons (Fsp3) is 0.750. The lowest BCUT2D eigenvalue weighted by Gasteiger charge is -1.86. The number of rotatable bonds is 4. The Labute approximate surface area is 54.4 Å². The van der Waals surface area contributed by atoms with Gasteiger partial charge in [0.25, 0.3) is 0 Å². The topological polar surface area (TPSA) is 71.4 Å². The Morgan fingerprint density at radius 3 is 2.33 bits per heavy atom. The average molecular weight is 152 g/mol. The molecule has 0 heterocycles. The van der Waals surface area contributed by atoms with E-state index in [2.05, 4.69) is 0 Å². The average Bonchev–Trinajstić information content (AvgIpc) is 1.63. The van der Waals surface area contributed by atoms with E-state index in [4.69, 9.17) is 5.11 Å². The summed E-state index contributed by atoms with van der Waals surface area (Å²) in [6, 6.07) is 0. The first-order valence-electron chi connectivity index (χ1n) is 2.46. The molecule has 4 nitrogen and oxygen atoms in total. The molecule has 0 aromatic carbocycles. The van der Waals surface area contributed by atoms with E-state index >= 15 is 0 Å². The van der Waals surface area contributed by atoms with Crippen molar-refractivity contribution < 1.29 is 18.3 Å². The molecule has 1 N–H and O–H groups in total. The zero-order valence-electron chi connectivity index (χ0n) is 4.74. The summed E-state index contributed by atoms with van der Waals surface area (Å²) < 4.78 is 19.6. The van der Waals surface area contributed by atoms with Crippen LogP contribution in [0.2, 0.25) is 0 Å². The number of carboxylic acid groups (broad SMARTS) is 1. The van der Waals surface area contributed by atoms with Gasteiger partial charge < -0.3 is 5.11 Å². The summed E-state index contributed by atoms with van der Waals surface area (Å²) in [6.07, 6.45) is 0.150. The second-order valence-electron chi connectivity index (χ2n) is 1.55. The maximum atomic E-state index is 9.82. The second-order valence-corrected chi connectivity index (χ2v) is 2.67. The van der Waals surface area contributed by atoms with Crippen molar-refractivity contribution >= 4 is 16.7 Å². The Hall–Kier alpha value is -0.580. The molecule has 0 fully saturated rings. The van der Waals surface area contributed by atoms with Crippen molar-refractivity contribution in [2.45, 2.75) is 12.8 Å². The van der Waals surface area contributed by atoms with Crippen LogP contribution >= 0.6 is 0 Å². The third-order valence-electron chi connectivity index (χ3n) is 0.731.